The predicted octanol–water partition coefficient (Wildman–Crippen LogP) is 0.971. The lowest BCUT2D eigenvalue weighted by atomic mass is 10.2. The van der Waals surface area contributed by atoms with Gasteiger partial charge in [-0.2, -0.15) is 4.31 Å². The van der Waals surface area contributed by atoms with Crippen molar-refractivity contribution in [3.05, 3.63) is 29.8 Å². The zero-order valence-electron chi connectivity index (χ0n) is 11.6. The number of nitrogens with zero attached hydrogens (tertiary/aromatic N) is 1. The number of sulfonamides is 1. The Hall–Kier alpha value is -1.44. The number of methoxy groups -OCH3 is 1. The van der Waals surface area contributed by atoms with Crippen molar-refractivity contribution >= 4 is 16.0 Å². The number of hydrogen-bond acceptors (Lipinski definition) is 4. The van der Waals surface area contributed by atoms with E-state index in [-0.39, 0.29) is 17.9 Å². The molecule has 0 atom stereocenters. The Kier molecular flexibility index (Phi) is 6.12. The van der Waals surface area contributed by atoms with Gasteiger partial charge in [0.15, 0.2) is 0 Å². The molecule has 0 bridgehead atoms. The third-order valence-electron chi connectivity index (χ3n) is 2.81. The molecule has 0 amide bonds. The normalized spacial score (nSPS) is 11.8. The number of rotatable bonds is 8. The van der Waals surface area contributed by atoms with Gasteiger partial charge in [0.2, 0.25) is 10.0 Å². The standard InChI is InChI=1S/C13H19NO5S/c1-3-14(8-9-19-2)20(17,18)12-6-4-11(5-7-12)10-13(15)16/h4-7H,3,8-10H2,1-2H3,(H,15,16). The van der Waals surface area contributed by atoms with E-state index in [1.54, 1.807) is 6.92 Å². The molecule has 0 aliphatic carbocycles. The van der Waals surface area contributed by atoms with Crippen molar-refractivity contribution in [2.75, 3.05) is 26.8 Å². The lowest BCUT2D eigenvalue weighted by Gasteiger charge is -2.20. The summed E-state index contributed by atoms with van der Waals surface area (Å²) in [5.74, 6) is -0.948. The Bertz CT molecular complexity index is 538. The maximum absolute atomic E-state index is 12.4. The Labute approximate surface area is 119 Å². The number of carbonyl (C=O) groups is 1. The van der Waals surface area contributed by atoms with Crippen LogP contribution >= 0.6 is 0 Å². The van der Waals surface area contributed by atoms with E-state index in [2.05, 4.69) is 0 Å². The molecule has 1 aromatic carbocycles. The van der Waals surface area contributed by atoms with Gasteiger partial charge in [-0.1, -0.05) is 19.1 Å². The Balaban J connectivity index is 2.93. The fourth-order valence-electron chi connectivity index (χ4n) is 1.74. The van der Waals surface area contributed by atoms with E-state index in [1.807, 2.05) is 0 Å². The van der Waals surface area contributed by atoms with E-state index in [0.29, 0.717) is 18.7 Å². The molecule has 0 heterocycles. The molecule has 112 valence electrons. The van der Waals surface area contributed by atoms with E-state index in [4.69, 9.17) is 9.84 Å². The molecule has 0 spiro atoms. The number of hydrogen-bond donors (Lipinski definition) is 1. The van der Waals surface area contributed by atoms with E-state index < -0.39 is 16.0 Å². The first kappa shape index (κ1) is 16.6. The van der Waals surface area contributed by atoms with Gasteiger partial charge in [0.1, 0.15) is 0 Å². The number of ether oxygens (including phenoxy) is 1. The zero-order valence-corrected chi connectivity index (χ0v) is 12.4. The molecule has 0 radical (unpaired) electrons. The van der Waals surface area contributed by atoms with Crippen molar-refractivity contribution in [2.45, 2.75) is 18.2 Å². The lowest BCUT2D eigenvalue weighted by molar-refractivity contribution is -0.136. The third-order valence-corrected chi connectivity index (χ3v) is 4.80. The van der Waals surface area contributed by atoms with Crippen LogP contribution in [0.5, 0.6) is 0 Å². The smallest absolute Gasteiger partial charge is 0.307 e. The van der Waals surface area contributed by atoms with Crippen LogP contribution in [0, 0.1) is 0 Å². The number of carboxylic acid groups (broad SMARTS) is 1. The van der Waals surface area contributed by atoms with Gasteiger partial charge < -0.3 is 9.84 Å². The quantitative estimate of drug-likeness (QED) is 0.773. The highest BCUT2D eigenvalue weighted by Crippen LogP contribution is 2.16. The maximum Gasteiger partial charge on any atom is 0.307 e. The Morgan fingerprint density at radius 3 is 2.35 bits per heavy atom. The summed E-state index contributed by atoms with van der Waals surface area (Å²) in [6.45, 7) is 2.71. The Morgan fingerprint density at radius 1 is 1.30 bits per heavy atom. The summed E-state index contributed by atoms with van der Waals surface area (Å²) in [5.41, 5.74) is 0.566. The summed E-state index contributed by atoms with van der Waals surface area (Å²) in [4.78, 5) is 10.7. The fourth-order valence-corrected chi connectivity index (χ4v) is 3.18. The molecule has 7 heteroatoms. The summed E-state index contributed by atoms with van der Waals surface area (Å²) in [5, 5.41) is 8.68. The largest absolute Gasteiger partial charge is 0.481 e. The van der Waals surface area contributed by atoms with Crippen LogP contribution in [0.25, 0.3) is 0 Å². The molecular formula is C13H19NO5S. The first-order valence-electron chi connectivity index (χ1n) is 6.21. The molecular weight excluding hydrogens is 282 g/mol. The molecule has 0 aliphatic rings. The molecule has 1 aromatic rings. The van der Waals surface area contributed by atoms with E-state index in [1.165, 1.54) is 35.7 Å². The first-order chi connectivity index (χ1) is 9.41. The van der Waals surface area contributed by atoms with E-state index >= 15 is 0 Å². The van der Waals surface area contributed by atoms with Crippen LogP contribution in [0.4, 0.5) is 0 Å². The van der Waals surface area contributed by atoms with Crippen LogP contribution in [0.15, 0.2) is 29.2 Å². The highest BCUT2D eigenvalue weighted by Gasteiger charge is 2.22. The molecule has 1 N–H and O–H groups in total. The monoisotopic (exact) mass is 301 g/mol. The fraction of sp³-hybridized carbons (Fsp3) is 0.462. The molecule has 0 saturated heterocycles. The SMILES string of the molecule is CCN(CCOC)S(=O)(=O)c1ccc(CC(=O)O)cc1. The van der Waals surface area contributed by atoms with Crippen molar-refractivity contribution in [1.82, 2.24) is 4.31 Å². The van der Waals surface area contributed by atoms with E-state index in [0.717, 1.165) is 0 Å². The van der Waals surface area contributed by atoms with Crippen LogP contribution in [0.3, 0.4) is 0 Å². The van der Waals surface area contributed by atoms with Crippen molar-refractivity contribution in [3.63, 3.8) is 0 Å². The molecule has 20 heavy (non-hydrogen) atoms. The number of likely N-dealkylation sites (N-methyl/N-ethyl adjacent to an activating group) is 1. The van der Waals surface area contributed by atoms with Gasteiger partial charge in [-0.3, -0.25) is 4.79 Å². The number of benzene rings is 1. The molecule has 1 rings (SSSR count). The second-order valence-electron chi connectivity index (χ2n) is 4.20. The average molecular weight is 301 g/mol. The molecule has 6 nitrogen and oxygen atoms in total. The second-order valence-corrected chi connectivity index (χ2v) is 6.14. The summed E-state index contributed by atoms with van der Waals surface area (Å²) in [7, 11) is -2.05. The molecule has 0 unspecified atom stereocenters. The minimum Gasteiger partial charge on any atom is -0.481 e. The topological polar surface area (TPSA) is 83.9 Å². The third kappa shape index (κ3) is 4.29. The first-order valence-corrected chi connectivity index (χ1v) is 7.65. The highest BCUT2D eigenvalue weighted by atomic mass is 32.2. The lowest BCUT2D eigenvalue weighted by Crippen LogP contribution is -2.33. The molecule has 0 fully saturated rings. The van der Waals surface area contributed by atoms with E-state index in [9.17, 15) is 13.2 Å². The summed E-state index contributed by atoms with van der Waals surface area (Å²) in [6, 6.07) is 5.91. The number of carboxylic acids is 1. The van der Waals surface area contributed by atoms with Crippen LogP contribution in [-0.2, 0) is 26.0 Å². The van der Waals surface area contributed by atoms with Crippen molar-refractivity contribution < 1.29 is 23.1 Å². The van der Waals surface area contributed by atoms with Gasteiger partial charge in [-0.05, 0) is 17.7 Å². The summed E-state index contributed by atoms with van der Waals surface area (Å²) < 4.78 is 30.9. The predicted molar refractivity (Wildman–Crippen MR) is 74.1 cm³/mol. The average Bonchev–Trinajstić information content (AvgIpc) is 2.39. The van der Waals surface area contributed by atoms with Crippen molar-refractivity contribution in [1.29, 1.82) is 0 Å². The molecule has 0 aliphatic heterocycles. The van der Waals surface area contributed by atoms with Gasteiger partial charge in [0.25, 0.3) is 0 Å². The van der Waals surface area contributed by atoms with Gasteiger partial charge in [-0.15, -0.1) is 0 Å². The zero-order chi connectivity index (χ0) is 15.2. The Morgan fingerprint density at radius 2 is 1.90 bits per heavy atom. The van der Waals surface area contributed by atoms with Gasteiger partial charge in [0.05, 0.1) is 17.9 Å². The minimum atomic E-state index is -3.56. The summed E-state index contributed by atoms with van der Waals surface area (Å²) in [6.07, 6.45) is -0.124. The number of aliphatic carboxylic acids is 1. The highest BCUT2D eigenvalue weighted by molar-refractivity contribution is 7.89. The van der Waals surface area contributed by atoms with Crippen molar-refractivity contribution in [3.8, 4) is 0 Å². The van der Waals surface area contributed by atoms with Crippen LogP contribution < -0.4 is 0 Å². The summed E-state index contributed by atoms with van der Waals surface area (Å²) >= 11 is 0. The van der Waals surface area contributed by atoms with Crippen LogP contribution in [-0.4, -0.2) is 50.6 Å². The molecule has 0 saturated carbocycles. The van der Waals surface area contributed by atoms with Gasteiger partial charge in [-0.25, -0.2) is 8.42 Å². The maximum atomic E-state index is 12.4. The van der Waals surface area contributed by atoms with Crippen LogP contribution in [0.2, 0.25) is 0 Å². The van der Waals surface area contributed by atoms with Crippen LogP contribution in [0.1, 0.15) is 12.5 Å². The minimum absolute atomic E-state index is 0.124. The van der Waals surface area contributed by atoms with Gasteiger partial charge in [0, 0.05) is 20.2 Å². The second kappa shape index (κ2) is 7.37. The molecule has 0 aromatic heterocycles. The van der Waals surface area contributed by atoms with Crippen molar-refractivity contribution in [2.24, 2.45) is 0 Å². The van der Waals surface area contributed by atoms with Gasteiger partial charge >= 0.3 is 5.97 Å².